The Morgan fingerprint density at radius 2 is 1.00 bits per heavy atom. The van der Waals surface area contributed by atoms with E-state index < -0.39 is 0 Å². The van der Waals surface area contributed by atoms with E-state index in [1.54, 1.807) is 5.56 Å². The van der Waals surface area contributed by atoms with Gasteiger partial charge in [-0.1, -0.05) is 173 Å². The Balaban J connectivity index is 1.81. The Kier molecular flexibility index (Phi) is 20.0. The van der Waals surface area contributed by atoms with Crippen molar-refractivity contribution in [2.24, 2.45) is 0 Å². The van der Waals surface area contributed by atoms with Crippen LogP contribution in [0.3, 0.4) is 0 Å². The van der Waals surface area contributed by atoms with Gasteiger partial charge in [0.25, 0.3) is 0 Å². The number of imidazole rings is 1. The van der Waals surface area contributed by atoms with Gasteiger partial charge in [-0.2, -0.15) is 0 Å². The molecule has 0 amide bonds. The van der Waals surface area contributed by atoms with Crippen molar-refractivity contribution >= 4 is 0 Å². The van der Waals surface area contributed by atoms with E-state index in [1.165, 1.54) is 147 Å². The number of unbranched alkanes of at least 4 members (excludes halogenated alkanes) is 18. The van der Waals surface area contributed by atoms with Crippen LogP contribution in [0.2, 0.25) is 0 Å². The van der Waals surface area contributed by atoms with E-state index in [2.05, 4.69) is 60.8 Å². The second-order valence-corrected chi connectivity index (χ2v) is 12.2. The molecule has 222 valence electrons. The topological polar surface area (TPSA) is 17.8 Å². The lowest BCUT2D eigenvalue weighted by atomic mass is 9.83. The Morgan fingerprint density at radius 1 is 0.564 bits per heavy atom. The maximum atomic E-state index is 4.36. The standard InChI is InChI=1S/C37H64N2/c1-4-7-9-11-13-14-15-16-17-18-20-22-24-28-34(27-23-21-19-12-10-8-5-2)35-29-25-26-30-36(35)37(6-3)39-32-31-38-33-39/h25-26,29-34,37H,4-24,27-28H2,1-3H3/t34-,37?/m0/s1. The summed E-state index contributed by atoms with van der Waals surface area (Å²) in [5, 5.41) is 0. The van der Waals surface area contributed by atoms with Crippen LogP contribution in [0.15, 0.2) is 43.0 Å². The molecule has 39 heavy (non-hydrogen) atoms. The van der Waals surface area contributed by atoms with Crippen LogP contribution in [0.5, 0.6) is 0 Å². The molecule has 0 aliphatic carbocycles. The van der Waals surface area contributed by atoms with Gasteiger partial charge < -0.3 is 4.57 Å². The SMILES string of the molecule is CCCCCCCCCCCCCCC[C@H](CCCCCCCCC)c1ccccc1C(CC)n1ccnc1. The van der Waals surface area contributed by atoms with Gasteiger partial charge in [0, 0.05) is 12.4 Å². The minimum Gasteiger partial charge on any atom is -0.330 e. The fraction of sp³-hybridized carbons (Fsp3) is 0.757. The summed E-state index contributed by atoms with van der Waals surface area (Å²) in [6.07, 6.45) is 38.3. The summed E-state index contributed by atoms with van der Waals surface area (Å²) in [5.74, 6) is 0.696. The highest BCUT2D eigenvalue weighted by Crippen LogP contribution is 2.35. The Bertz CT molecular complexity index is 780. The lowest BCUT2D eigenvalue weighted by molar-refractivity contribution is 0.473. The minimum absolute atomic E-state index is 0.395. The zero-order chi connectivity index (χ0) is 27.8. The smallest absolute Gasteiger partial charge is 0.0951 e. The van der Waals surface area contributed by atoms with Crippen LogP contribution in [0, 0.1) is 0 Å². The van der Waals surface area contributed by atoms with Crippen molar-refractivity contribution in [1.82, 2.24) is 9.55 Å². The highest BCUT2D eigenvalue weighted by atomic mass is 15.0. The van der Waals surface area contributed by atoms with Crippen LogP contribution in [0.25, 0.3) is 0 Å². The molecule has 1 unspecified atom stereocenters. The zero-order valence-corrected chi connectivity index (χ0v) is 26.4. The van der Waals surface area contributed by atoms with Crippen molar-refractivity contribution in [2.75, 3.05) is 0 Å². The molecule has 0 saturated heterocycles. The highest BCUT2D eigenvalue weighted by molar-refractivity contribution is 5.33. The summed E-state index contributed by atoms with van der Waals surface area (Å²) >= 11 is 0. The van der Waals surface area contributed by atoms with Crippen molar-refractivity contribution in [1.29, 1.82) is 0 Å². The number of hydrogen-bond donors (Lipinski definition) is 0. The van der Waals surface area contributed by atoms with Crippen LogP contribution < -0.4 is 0 Å². The average Bonchev–Trinajstić information content (AvgIpc) is 3.49. The van der Waals surface area contributed by atoms with E-state index in [-0.39, 0.29) is 0 Å². The predicted molar refractivity (Wildman–Crippen MR) is 173 cm³/mol. The van der Waals surface area contributed by atoms with E-state index in [9.17, 15) is 0 Å². The Labute approximate surface area is 243 Å². The fourth-order valence-electron chi connectivity index (χ4n) is 6.44. The Morgan fingerprint density at radius 3 is 1.41 bits per heavy atom. The molecule has 1 heterocycles. The molecular formula is C37H64N2. The van der Waals surface area contributed by atoms with Gasteiger partial charge in [0.1, 0.15) is 0 Å². The molecular weight excluding hydrogens is 472 g/mol. The lowest BCUT2D eigenvalue weighted by Crippen LogP contribution is -2.13. The predicted octanol–water partition coefficient (Wildman–Crippen LogP) is 12.6. The molecule has 0 aliphatic heterocycles. The first-order valence-electron chi connectivity index (χ1n) is 17.4. The first-order chi connectivity index (χ1) is 19.3. The van der Waals surface area contributed by atoms with Gasteiger partial charge in [0.05, 0.1) is 12.4 Å². The summed E-state index contributed by atoms with van der Waals surface area (Å²) < 4.78 is 2.31. The van der Waals surface area contributed by atoms with E-state index in [0.717, 1.165) is 6.42 Å². The minimum atomic E-state index is 0.395. The molecule has 2 rings (SSSR count). The van der Waals surface area contributed by atoms with Crippen molar-refractivity contribution in [3.8, 4) is 0 Å². The fourth-order valence-corrected chi connectivity index (χ4v) is 6.44. The molecule has 0 fully saturated rings. The summed E-state index contributed by atoms with van der Waals surface area (Å²) in [6, 6.07) is 9.76. The maximum absolute atomic E-state index is 4.36. The van der Waals surface area contributed by atoms with Crippen LogP contribution in [-0.4, -0.2) is 9.55 Å². The summed E-state index contributed by atoms with van der Waals surface area (Å²) in [7, 11) is 0. The van der Waals surface area contributed by atoms with Gasteiger partial charge in [-0.3, -0.25) is 0 Å². The van der Waals surface area contributed by atoms with Gasteiger partial charge >= 0.3 is 0 Å². The largest absolute Gasteiger partial charge is 0.330 e. The first kappa shape index (κ1) is 33.6. The maximum Gasteiger partial charge on any atom is 0.0951 e. The monoisotopic (exact) mass is 537 g/mol. The Hall–Kier alpha value is -1.57. The third-order valence-corrected chi connectivity index (χ3v) is 8.88. The molecule has 0 aliphatic rings. The molecule has 0 spiro atoms. The highest BCUT2D eigenvalue weighted by Gasteiger charge is 2.20. The number of nitrogens with zero attached hydrogens (tertiary/aromatic N) is 2. The van der Waals surface area contributed by atoms with Crippen molar-refractivity contribution < 1.29 is 0 Å². The third-order valence-electron chi connectivity index (χ3n) is 8.88. The molecule has 2 nitrogen and oxygen atoms in total. The van der Waals surface area contributed by atoms with Crippen LogP contribution >= 0.6 is 0 Å². The molecule has 2 aromatic rings. The molecule has 0 bridgehead atoms. The van der Waals surface area contributed by atoms with E-state index in [4.69, 9.17) is 0 Å². The molecule has 1 aromatic carbocycles. The van der Waals surface area contributed by atoms with E-state index in [1.807, 2.05) is 12.5 Å². The second kappa shape index (κ2) is 23.2. The van der Waals surface area contributed by atoms with Crippen LogP contribution in [0.1, 0.15) is 192 Å². The quantitative estimate of drug-likeness (QED) is 0.109. The summed E-state index contributed by atoms with van der Waals surface area (Å²) in [6.45, 7) is 6.94. The van der Waals surface area contributed by atoms with Crippen molar-refractivity contribution in [3.05, 3.63) is 54.1 Å². The molecule has 0 N–H and O–H groups in total. The molecule has 2 atom stereocenters. The number of aromatic nitrogens is 2. The van der Waals surface area contributed by atoms with E-state index >= 15 is 0 Å². The molecule has 1 aromatic heterocycles. The summed E-state index contributed by atoms with van der Waals surface area (Å²) in [5.41, 5.74) is 3.14. The summed E-state index contributed by atoms with van der Waals surface area (Å²) in [4.78, 5) is 4.36. The van der Waals surface area contributed by atoms with Crippen molar-refractivity contribution in [2.45, 2.75) is 180 Å². The number of benzene rings is 1. The molecule has 0 radical (unpaired) electrons. The lowest BCUT2D eigenvalue weighted by Gasteiger charge is -2.26. The van der Waals surface area contributed by atoms with Crippen LogP contribution in [0.4, 0.5) is 0 Å². The van der Waals surface area contributed by atoms with E-state index in [0.29, 0.717) is 12.0 Å². The molecule has 0 saturated carbocycles. The van der Waals surface area contributed by atoms with Gasteiger partial charge in [-0.25, -0.2) is 4.98 Å². The molecule has 2 heteroatoms. The first-order valence-corrected chi connectivity index (χ1v) is 17.4. The van der Waals surface area contributed by atoms with Crippen molar-refractivity contribution in [3.63, 3.8) is 0 Å². The van der Waals surface area contributed by atoms with Gasteiger partial charge in [-0.15, -0.1) is 0 Å². The zero-order valence-electron chi connectivity index (χ0n) is 26.4. The normalized spacial score (nSPS) is 13.1. The van der Waals surface area contributed by atoms with Gasteiger partial charge in [-0.05, 0) is 36.3 Å². The second-order valence-electron chi connectivity index (χ2n) is 12.2. The average molecular weight is 537 g/mol. The third kappa shape index (κ3) is 14.6. The van der Waals surface area contributed by atoms with Gasteiger partial charge in [0.2, 0.25) is 0 Å². The van der Waals surface area contributed by atoms with Gasteiger partial charge in [0.15, 0.2) is 0 Å². The number of hydrogen-bond acceptors (Lipinski definition) is 1. The number of rotatable bonds is 26. The van der Waals surface area contributed by atoms with Crippen LogP contribution in [-0.2, 0) is 0 Å².